The van der Waals surface area contributed by atoms with Gasteiger partial charge < -0.3 is 24.5 Å². The maximum Gasteiger partial charge on any atom is 0.248 e. The predicted molar refractivity (Wildman–Crippen MR) is 159 cm³/mol. The smallest absolute Gasteiger partial charge is 0.248 e. The monoisotopic (exact) mass is 565 g/mol. The van der Waals surface area contributed by atoms with Gasteiger partial charge in [-0.05, 0) is 37.7 Å². The number of rotatable bonds is 15. The van der Waals surface area contributed by atoms with Gasteiger partial charge in [-0.3, -0.25) is 14.4 Å². The van der Waals surface area contributed by atoms with Crippen molar-refractivity contribution in [1.29, 1.82) is 0 Å². The minimum Gasteiger partial charge on any atom is -0.396 e. The van der Waals surface area contributed by atoms with Gasteiger partial charge in [-0.2, -0.15) is 0 Å². The zero-order chi connectivity index (χ0) is 29.8. The van der Waals surface area contributed by atoms with Gasteiger partial charge in [0, 0.05) is 39.3 Å². The molecule has 1 aromatic carbocycles. The molecule has 2 bridgehead atoms. The summed E-state index contributed by atoms with van der Waals surface area (Å²) in [6.45, 7) is 15.7. The summed E-state index contributed by atoms with van der Waals surface area (Å²) >= 11 is 0. The molecule has 3 unspecified atom stereocenters. The molecule has 1 spiro atoms. The van der Waals surface area contributed by atoms with E-state index in [1.807, 2.05) is 37.3 Å². The van der Waals surface area contributed by atoms with Crippen molar-refractivity contribution in [2.24, 2.45) is 17.8 Å². The molecule has 3 aliphatic heterocycles. The number of hydrogen-bond donors (Lipinski definition) is 1. The van der Waals surface area contributed by atoms with Crippen LogP contribution in [0.25, 0.3) is 0 Å². The van der Waals surface area contributed by atoms with Crippen molar-refractivity contribution in [3.8, 4) is 0 Å². The Morgan fingerprint density at radius 2 is 1.78 bits per heavy atom. The number of aliphatic hydroxyl groups is 1. The Balaban J connectivity index is 1.74. The van der Waals surface area contributed by atoms with Gasteiger partial charge in [0.25, 0.3) is 0 Å². The largest absolute Gasteiger partial charge is 0.396 e. The van der Waals surface area contributed by atoms with Crippen molar-refractivity contribution in [2.45, 2.75) is 76.7 Å². The van der Waals surface area contributed by atoms with Gasteiger partial charge in [0.05, 0.1) is 17.4 Å². The van der Waals surface area contributed by atoms with Gasteiger partial charge in [-0.1, -0.05) is 69.2 Å². The molecule has 3 amide bonds. The summed E-state index contributed by atoms with van der Waals surface area (Å²) < 4.78 is 6.89. The molecule has 1 N–H and O–H groups in total. The summed E-state index contributed by atoms with van der Waals surface area (Å²) in [6, 6.07) is 8.92. The van der Waals surface area contributed by atoms with Crippen LogP contribution in [0.2, 0.25) is 0 Å². The van der Waals surface area contributed by atoms with E-state index < -0.39 is 29.1 Å². The molecule has 0 radical (unpaired) electrons. The van der Waals surface area contributed by atoms with E-state index in [2.05, 4.69) is 27.0 Å². The molecule has 0 aromatic heterocycles. The molecule has 41 heavy (non-hydrogen) atoms. The van der Waals surface area contributed by atoms with Crippen LogP contribution in [0.3, 0.4) is 0 Å². The molecule has 3 saturated heterocycles. The maximum atomic E-state index is 14.5. The Bertz CT molecular complexity index is 1130. The summed E-state index contributed by atoms with van der Waals surface area (Å²) in [6.07, 6.45) is 7.17. The number of amides is 3. The maximum absolute atomic E-state index is 14.5. The Labute approximate surface area is 245 Å². The van der Waals surface area contributed by atoms with Crippen LogP contribution in [0.1, 0.15) is 58.4 Å². The molecular weight excluding hydrogens is 518 g/mol. The van der Waals surface area contributed by atoms with Gasteiger partial charge >= 0.3 is 0 Å². The van der Waals surface area contributed by atoms with E-state index in [0.29, 0.717) is 39.0 Å². The number of unbranched alkanes of at least 4 members (excludes halogenated alkanes) is 2. The Morgan fingerprint density at radius 3 is 2.41 bits per heavy atom. The van der Waals surface area contributed by atoms with Crippen LogP contribution in [-0.4, -0.2) is 87.6 Å². The highest BCUT2D eigenvalue weighted by atomic mass is 16.5. The number of hydrogen-bond acceptors (Lipinski definition) is 5. The SMILES string of the molecule is C=CCN(CCCCC)C(=O)C1N(CCCO)C(=O)[C@@H]2[C@@H](C(=O)N(CC=C)Cc3ccccc3)[C@]3(C)OC12CC3C. The Kier molecular flexibility index (Phi) is 9.75. The predicted octanol–water partition coefficient (Wildman–Crippen LogP) is 3.80. The highest BCUT2D eigenvalue weighted by molar-refractivity contribution is 5.99. The summed E-state index contributed by atoms with van der Waals surface area (Å²) in [5.74, 6) is -2.08. The van der Waals surface area contributed by atoms with Crippen molar-refractivity contribution in [3.05, 3.63) is 61.2 Å². The first kappa shape index (κ1) is 31.0. The molecule has 3 heterocycles. The van der Waals surface area contributed by atoms with Crippen LogP contribution >= 0.6 is 0 Å². The zero-order valence-corrected chi connectivity index (χ0v) is 25.0. The summed E-state index contributed by atoms with van der Waals surface area (Å²) in [7, 11) is 0. The first-order valence-electron chi connectivity index (χ1n) is 15.1. The van der Waals surface area contributed by atoms with Crippen LogP contribution in [0, 0.1) is 17.8 Å². The highest BCUT2D eigenvalue weighted by Gasteiger charge is 2.80. The third-order valence-corrected chi connectivity index (χ3v) is 9.44. The van der Waals surface area contributed by atoms with Gasteiger partial charge in [0.2, 0.25) is 17.7 Å². The summed E-state index contributed by atoms with van der Waals surface area (Å²) in [4.78, 5) is 48.3. The van der Waals surface area contributed by atoms with Gasteiger partial charge in [0.15, 0.2) is 0 Å². The summed E-state index contributed by atoms with van der Waals surface area (Å²) in [5.41, 5.74) is -1.00. The summed E-state index contributed by atoms with van der Waals surface area (Å²) in [5, 5.41) is 9.65. The Morgan fingerprint density at radius 1 is 1.10 bits per heavy atom. The van der Waals surface area contributed by atoms with Crippen molar-refractivity contribution < 1.29 is 24.2 Å². The Hall–Kier alpha value is -2.97. The van der Waals surface area contributed by atoms with Crippen molar-refractivity contribution in [2.75, 3.05) is 32.8 Å². The van der Waals surface area contributed by atoms with Crippen LogP contribution < -0.4 is 0 Å². The number of ether oxygens (including phenoxy) is 1. The third-order valence-electron chi connectivity index (χ3n) is 9.44. The molecule has 8 heteroatoms. The normalized spacial score (nSPS) is 29.9. The van der Waals surface area contributed by atoms with Gasteiger partial charge in [0.1, 0.15) is 11.6 Å². The fourth-order valence-corrected chi connectivity index (χ4v) is 7.44. The second-order valence-electron chi connectivity index (χ2n) is 12.1. The topological polar surface area (TPSA) is 90.4 Å². The molecular formula is C33H47N3O5. The molecule has 4 rings (SSSR count). The number of carbonyl (C=O) groups excluding carboxylic acids is 3. The number of likely N-dealkylation sites (tertiary alicyclic amines) is 1. The van der Waals surface area contributed by atoms with Crippen LogP contribution in [-0.2, 0) is 25.7 Å². The third kappa shape index (κ3) is 5.48. The zero-order valence-electron chi connectivity index (χ0n) is 25.0. The quantitative estimate of drug-likeness (QED) is 0.258. The number of aliphatic hydroxyl groups excluding tert-OH is 1. The highest BCUT2D eigenvalue weighted by Crippen LogP contribution is 2.65. The van der Waals surface area contributed by atoms with Crippen LogP contribution in [0.5, 0.6) is 0 Å². The van der Waals surface area contributed by atoms with Crippen molar-refractivity contribution in [3.63, 3.8) is 0 Å². The molecule has 224 valence electrons. The van der Waals surface area contributed by atoms with E-state index in [-0.39, 0.29) is 36.8 Å². The van der Waals surface area contributed by atoms with E-state index in [1.54, 1.807) is 26.9 Å². The lowest BCUT2D eigenvalue weighted by Crippen LogP contribution is -2.57. The van der Waals surface area contributed by atoms with Gasteiger partial charge in [-0.15, -0.1) is 13.2 Å². The van der Waals surface area contributed by atoms with E-state index >= 15 is 0 Å². The lowest BCUT2D eigenvalue weighted by Gasteiger charge is -2.39. The minimum absolute atomic E-state index is 0.0381. The van der Waals surface area contributed by atoms with Crippen molar-refractivity contribution >= 4 is 17.7 Å². The fourth-order valence-electron chi connectivity index (χ4n) is 7.44. The lowest BCUT2D eigenvalue weighted by atomic mass is 9.62. The number of nitrogens with zero attached hydrogens (tertiary/aromatic N) is 3. The molecule has 6 atom stereocenters. The fraction of sp³-hybridized carbons (Fsp3) is 0.606. The molecule has 3 fully saturated rings. The second kappa shape index (κ2) is 12.9. The van der Waals surface area contributed by atoms with Crippen molar-refractivity contribution in [1.82, 2.24) is 14.7 Å². The standard InChI is InChI=1S/C33H47N3O5/c1-6-9-13-19-34(17-7-2)31(40)28-33-22-24(4)32(5,41-33)26(27(33)30(39)36(28)20-14-21-37)29(38)35(18-8-3)23-25-15-11-10-12-16-25/h7-8,10-12,15-16,24,26-28,37H,2-3,6,9,13-14,17-23H2,1,4-5H3/t24?,26-,27-,28?,32+,33?/m0/s1. The molecule has 8 nitrogen and oxygen atoms in total. The van der Waals surface area contributed by atoms with E-state index in [0.717, 1.165) is 24.8 Å². The molecule has 0 aliphatic carbocycles. The number of fused-ring (bicyclic) bond motifs is 1. The second-order valence-corrected chi connectivity index (χ2v) is 12.1. The molecule has 1 aromatic rings. The first-order valence-corrected chi connectivity index (χ1v) is 15.1. The average molecular weight is 566 g/mol. The lowest BCUT2D eigenvalue weighted by molar-refractivity contribution is -0.155. The number of benzene rings is 1. The first-order chi connectivity index (χ1) is 19.7. The number of carbonyl (C=O) groups is 3. The minimum atomic E-state index is -1.10. The van der Waals surface area contributed by atoms with Gasteiger partial charge in [-0.25, -0.2) is 0 Å². The van der Waals surface area contributed by atoms with Crippen LogP contribution in [0.4, 0.5) is 0 Å². The van der Waals surface area contributed by atoms with E-state index in [4.69, 9.17) is 4.74 Å². The average Bonchev–Trinajstić information content (AvgIpc) is 3.47. The molecule has 0 saturated carbocycles. The molecule has 3 aliphatic rings. The van der Waals surface area contributed by atoms with E-state index in [9.17, 15) is 19.5 Å². The van der Waals surface area contributed by atoms with Crippen LogP contribution in [0.15, 0.2) is 55.6 Å². The van der Waals surface area contributed by atoms with E-state index in [1.165, 1.54) is 0 Å².